The van der Waals surface area contributed by atoms with Gasteiger partial charge in [0.1, 0.15) is 0 Å². The summed E-state index contributed by atoms with van der Waals surface area (Å²) in [6, 6.07) is 7.28. The summed E-state index contributed by atoms with van der Waals surface area (Å²) >= 11 is 0. The third-order valence-electron chi connectivity index (χ3n) is 3.65. The summed E-state index contributed by atoms with van der Waals surface area (Å²) in [7, 11) is -3.33. The van der Waals surface area contributed by atoms with Crippen molar-refractivity contribution in [3.8, 4) is 0 Å². The molecule has 1 saturated heterocycles. The first-order chi connectivity index (χ1) is 9.09. The normalized spacial score (nSPS) is 16.3. The van der Waals surface area contributed by atoms with Crippen molar-refractivity contribution < 1.29 is 8.42 Å². The first-order valence-corrected chi connectivity index (χ1v) is 8.38. The highest BCUT2D eigenvalue weighted by molar-refractivity contribution is 7.89. The van der Waals surface area contributed by atoms with E-state index in [1.54, 1.807) is 12.1 Å². The Morgan fingerprint density at radius 3 is 2.05 bits per heavy atom. The molecule has 0 atom stereocenters. The molecule has 1 aliphatic heterocycles. The highest BCUT2D eigenvalue weighted by Crippen LogP contribution is 2.23. The van der Waals surface area contributed by atoms with Crippen LogP contribution < -0.4 is 4.90 Å². The highest BCUT2D eigenvalue weighted by Gasteiger charge is 2.21. The van der Waals surface area contributed by atoms with Crippen molar-refractivity contribution in [2.45, 2.75) is 31.6 Å². The number of hydrogen-bond donors (Lipinski definition) is 0. The minimum absolute atomic E-state index is 0.388. The summed E-state index contributed by atoms with van der Waals surface area (Å²) in [5.41, 5.74) is 1.12. The van der Waals surface area contributed by atoms with Crippen molar-refractivity contribution in [2.24, 2.45) is 0 Å². The molecule has 0 spiro atoms. The van der Waals surface area contributed by atoms with E-state index in [2.05, 4.69) is 4.90 Å². The highest BCUT2D eigenvalue weighted by atomic mass is 32.2. The van der Waals surface area contributed by atoms with Crippen LogP contribution in [-0.4, -0.2) is 38.9 Å². The van der Waals surface area contributed by atoms with E-state index in [0.717, 1.165) is 18.8 Å². The summed E-state index contributed by atoms with van der Waals surface area (Å²) in [5.74, 6) is 0. The number of nitrogens with zero attached hydrogens (tertiary/aromatic N) is 2. The maximum Gasteiger partial charge on any atom is 0.243 e. The van der Waals surface area contributed by atoms with Crippen molar-refractivity contribution in [3.63, 3.8) is 0 Å². The molecular formula is C14H22N2O2S. The van der Waals surface area contributed by atoms with E-state index in [1.165, 1.54) is 17.1 Å². The zero-order valence-electron chi connectivity index (χ0n) is 11.7. The minimum atomic E-state index is -3.33. The molecule has 0 aliphatic carbocycles. The molecular weight excluding hydrogens is 260 g/mol. The molecule has 1 fully saturated rings. The lowest BCUT2D eigenvalue weighted by Gasteiger charge is -2.20. The minimum Gasteiger partial charge on any atom is -0.372 e. The van der Waals surface area contributed by atoms with Gasteiger partial charge < -0.3 is 4.90 Å². The van der Waals surface area contributed by atoms with Crippen molar-refractivity contribution >= 4 is 15.7 Å². The van der Waals surface area contributed by atoms with Gasteiger partial charge in [0, 0.05) is 31.9 Å². The predicted octanol–water partition coefficient (Wildman–Crippen LogP) is 2.32. The Kier molecular flexibility index (Phi) is 4.47. The van der Waals surface area contributed by atoms with Crippen molar-refractivity contribution in [2.75, 3.05) is 31.1 Å². The van der Waals surface area contributed by atoms with Gasteiger partial charge in [0.05, 0.1) is 4.90 Å². The monoisotopic (exact) mass is 282 g/mol. The third kappa shape index (κ3) is 2.92. The lowest BCUT2D eigenvalue weighted by molar-refractivity contribution is 0.445. The van der Waals surface area contributed by atoms with E-state index in [1.807, 2.05) is 26.0 Å². The van der Waals surface area contributed by atoms with Gasteiger partial charge in [-0.15, -0.1) is 0 Å². The largest absolute Gasteiger partial charge is 0.372 e. The second kappa shape index (κ2) is 5.92. The molecule has 0 bridgehead atoms. The van der Waals surface area contributed by atoms with Crippen LogP contribution in [0.2, 0.25) is 0 Å². The molecule has 2 rings (SSSR count). The van der Waals surface area contributed by atoms with Crippen molar-refractivity contribution in [3.05, 3.63) is 24.3 Å². The van der Waals surface area contributed by atoms with E-state index in [4.69, 9.17) is 0 Å². The van der Waals surface area contributed by atoms with Crippen LogP contribution in [0.4, 0.5) is 5.69 Å². The second-order valence-corrected chi connectivity index (χ2v) is 6.72. The SMILES string of the molecule is CCN(CC)S(=O)(=O)c1ccc(N2CCCC2)cc1. The molecule has 0 aromatic heterocycles. The third-order valence-corrected chi connectivity index (χ3v) is 5.72. The summed E-state index contributed by atoms with van der Waals surface area (Å²) in [4.78, 5) is 2.69. The Hall–Kier alpha value is -1.07. The molecule has 0 N–H and O–H groups in total. The van der Waals surface area contributed by atoms with E-state index < -0.39 is 10.0 Å². The predicted molar refractivity (Wildman–Crippen MR) is 78.0 cm³/mol. The van der Waals surface area contributed by atoms with Gasteiger partial charge >= 0.3 is 0 Å². The molecule has 0 saturated carbocycles. The molecule has 0 unspecified atom stereocenters. The van der Waals surface area contributed by atoms with Gasteiger partial charge in [-0.25, -0.2) is 8.42 Å². The van der Waals surface area contributed by atoms with Crippen LogP contribution in [-0.2, 0) is 10.0 Å². The average molecular weight is 282 g/mol. The molecule has 1 aromatic carbocycles. The van der Waals surface area contributed by atoms with Gasteiger partial charge in [-0.3, -0.25) is 0 Å². The Labute approximate surface area is 116 Å². The molecule has 5 heteroatoms. The van der Waals surface area contributed by atoms with E-state index in [0.29, 0.717) is 18.0 Å². The van der Waals surface area contributed by atoms with Crippen LogP contribution in [0.5, 0.6) is 0 Å². The molecule has 106 valence electrons. The molecule has 0 amide bonds. The Morgan fingerprint density at radius 2 is 1.58 bits per heavy atom. The van der Waals surface area contributed by atoms with Crippen LogP contribution in [0.25, 0.3) is 0 Å². The molecule has 4 nitrogen and oxygen atoms in total. The fourth-order valence-electron chi connectivity index (χ4n) is 2.52. The number of rotatable bonds is 5. The number of benzene rings is 1. The van der Waals surface area contributed by atoms with Gasteiger partial charge in [0.25, 0.3) is 0 Å². The maximum atomic E-state index is 12.3. The summed E-state index contributed by atoms with van der Waals surface area (Å²) in [5, 5.41) is 0. The average Bonchev–Trinajstić information content (AvgIpc) is 2.94. The van der Waals surface area contributed by atoms with E-state index in [-0.39, 0.29) is 0 Å². The Morgan fingerprint density at radius 1 is 1.05 bits per heavy atom. The standard InChI is InChI=1S/C14H22N2O2S/c1-3-16(4-2)19(17,18)14-9-7-13(8-10-14)15-11-5-6-12-15/h7-10H,3-6,11-12H2,1-2H3. The second-order valence-electron chi connectivity index (χ2n) is 4.78. The van der Waals surface area contributed by atoms with E-state index >= 15 is 0 Å². The summed E-state index contributed by atoms with van der Waals surface area (Å²) < 4.78 is 26.2. The molecule has 1 heterocycles. The van der Waals surface area contributed by atoms with Gasteiger partial charge in [-0.2, -0.15) is 4.31 Å². The smallest absolute Gasteiger partial charge is 0.243 e. The van der Waals surface area contributed by atoms with Crippen molar-refractivity contribution in [1.29, 1.82) is 0 Å². The summed E-state index contributed by atoms with van der Waals surface area (Å²) in [6.45, 7) is 6.88. The first-order valence-electron chi connectivity index (χ1n) is 6.94. The Balaban J connectivity index is 2.22. The number of anilines is 1. The molecule has 0 radical (unpaired) electrons. The van der Waals surface area contributed by atoms with Gasteiger partial charge in [-0.1, -0.05) is 13.8 Å². The topological polar surface area (TPSA) is 40.6 Å². The van der Waals surface area contributed by atoms with Gasteiger partial charge in [0.15, 0.2) is 0 Å². The first kappa shape index (κ1) is 14.3. The van der Waals surface area contributed by atoms with Gasteiger partial charge in [0.2, 0.25) is 10.0 Å². The maximum absolute atomic E-state index is 12.3. The number of hydrogen-bond acceptors (Lipinski definition) is 3. The van der Waals surface area contributed by atoms with Gasteiger partial charge in [-0.05, 0) is 37.1 Å². The Bertz CT molecular complexity index is 501. The van der Waals surface area contributed by atoms with Crippen LogP contribution in [0.1, 0.15) is 26.7 Å². The molecule has 1 aliphatic rings. The zero-order chi connectivity index (χ0) is 13.9. The van der Waals surface area contributed by atoms with Crippen LogP contribution >= 0.6 is 0 Å². The quantitative estimate of drug-likeness (QED) is 0.832. The van der Waals surface area contributed by atoms with Crippen LogP contribution in [0.3, 0.4) is 0 Å². The van der Waals surface area contributed by atoms with Crippen LogP contribution in [0.15, 0.2) is 29.2 Å². The fourth-order valence-corrected chi connectivity index (χ4v) is 3.97. The molecule has 19 heavy (non-hydrogen) atoms. The lowest BCUT2D eigenvalue weighted by Crippen LogP contribution is -2.30. The van der Waals surface area contributed by atoms with Crippen molar-refractivity contribution in [1.82, 2.24) is 4.31 Å². The number of sulfonamides is 1. The zero-order valence-corrected chi connectivity index (χ0v) is 12.5. The van der Waals surface area contributed by atoms with Crippen LogP contribution in [0, 0.1) is 0 Å². The summed E-state index contributed by atoms with van der Waals surface area (Å²) in [6.07, 6.45) is 2.44. The fraction of sp³-hybridized carbons (Fsp3) is 0.571. The lowest BCUT2D eigenvalue weighted by atomic mass is 10.3. The molecule has 1 aromatic rings. The van der Waals surface area contributed by atoms with E-state index in [9.17, 15) is 8.42 Å².